The number of hydrogen-bond acceptors (Lipinski definition) is 5. The van der Waals surface area contributed by atoms with Gasteiger partial charge in [-0.05, 0) is 36.7 Å². The number of rotatable bonds is 7. The van der Waals surface area contributed by atoms with E-state index in [1.807, 2.05) is 11.6 Å². The summed E-state index contributed by atoms with van der Waals surface area (Å²) >= 11 is 5.15. The fourth-order valence-corrected chi connectivity index (χ4v) is 3.21. The highest BCUT2D eigenvalue weighted by Gasteiger charge is 2.16. The molecule has 1 aromatic heterocycles. The van der Waals surface area contributed by atoms with E-state index in [-0.39, 0.29) is 5.97 Å². The summed E-state index contributed by atoms with van der Waals surface area (Å²) in [5, 5.41) is 4.42. The molecule has 1 aromatic rings. The van der Waals surface area contributed by atoms with Crippen LogP contribution in [-0.4, -0.2) is 34.2 Å². The van der Waals surface area contributed by atoms with Crippen molar-refractivity contribution in [1.82, 2.24) is 9.78 Å². The number of thioether (sulfide) groups is 1. The highest BCUT2D eigenvalue weighted by molar-refractivity contribution is 9.10. The van der Waals surface area contributed by atoms with E-state index in [0.717, 1.165) is 28.2 Å². The third-order valence-corrected chi connectivity index (χ3v) is 4.68. The molecule has 1 unspecified atom stereocenters. The van der Waals surface area contributed by atoms with Crippen molar-refractivity contribution in [3.63, 3.8) is 0 Å². The number of hydrogen-bond donors (Lipinski definition) is 1. The molecule has 0 aliphatic rings. The molecular formula is C12H20BrN3O2S. The fraction of sp³-hybridized carbons (Fsp3) is 0.667. The topological polar surface area (TPSA) is 70.1 Å². The molecule has 0 saturated heterocycles. The molecule has 0 aliphatic heterocycles. The van der Waals surface area contributed by atoms with Crippen LogP contribution in [0, 0.1) is 6.92 Å². The van der Waals surface area contributed by atoms with Crippen molar-refractivity contribution in [2.45, 2.75) is 39.1 Å². The van der Waals surface area contributed by atoms with Crippen molar-refractivity contribution in [3.8, 4) is 0 Å². The Morgan fingerprint density at radius 3 is 2.84 bits per heavy atom. The molecule has 0 amide bonds. The molecule has 0 radical (unpaired) electrons. The van der Waals surface area contributed by atoms with Crippen LogP contribution in [0.2, 0.25) is 0 Å². The molecule has 1 heterocycles. The predicted molar refractivity (Wildman–Crippen MR) is 81.1 cm³/mol. The molecule has 0 saturated carbocycles. The molecule has 0 aliphatic carbocycles. The van der Waals surface area contributed by atoms with Gasteiger partial charge < -0.3 is 10.5 Å². The van der Waals surface area contributed by atoms with Crippen LogP contribution in [0.3, 0.4) is 0 Å². The van der Waals surface area contributed by atoms with Crippen molar-refractivity contribution in [3.05, 3.63) is 15.9 Å². The number of ether oxygens (including phenoxy) is 1. The largest absolute Gasteiger partial charge is 0.465 e. The molecule has 0 fully saturated rings. The quantitative estimate of drug-likeness (QED) is 0.763. The number of carbonyl (C=O) groups excluding carboxylic acids is 1. The van der Waals surface area contributed by atoms with Crippen LogP contribution < -0.4 is 5.73 Å². The summed E-state index contributed by atoms with van der Waals surface area (Å²) in [6.45, 7) is 6.99. The standard InChI is InChI=1S/C12H20BrN3O2S/c1-4-16-10(11(13)8(3)15-16)7-19-6-9(14)12(17)18-5-2/h9H,4-7,14H2,1-3H3. The SMILES string of the molecule is CCOC(=O)C(N)CSCc1c(Br)c(C)nn1CC. The zero-order valence-electron chi connectivity index (χ0n) is 11.5. The van der Waals surface area contributed by atoms with Crippen LogP contribution in [0.15, 0.2) is 4.47 Å². The van der Waals surface area contributed by atoms with Crippen LogP contribution in [-0.2, 0) is 21.8 Å². The zero-order chi connectivity index (χ0) is 14.4. The van der Waals surface area contributed by atoms with Gasteiger partial charge in [-0.25, -0.2) is 0 Å². The van der Waals surface area contributed by atoms with E-state index in [0.29, 0.717) is 12.4 Å². The normalized spacial score (nSPS) is 12.5. The summed E-state index contributed by atoms with van der Waals surface area (Å²) in [4.78, 5) is 11.4. The fourth-order valence-electron chi connectivity index (χ4n) is 1.61. The minimum Gasteiger partial charge on any atom is -0.465 e. The van der Waals surface area contributed by atoms with Gasteiger partial charge in [-0.1, -0.05) is 0 Å². The van der Waals surface area contributed by atoms with Crippen LogP contribution >= 0.6 is 27.7 Å². The monoisotopic (exact) mass is 349 g/mol. The third kappa shape index (κ3) is 4.50. The Morgan fingerprint density at radius 2 is 2.26 bits per heavy atom. The molecule has 0 bridgehead atoms. The predicted octanol–water partition coefficient (Wildman–Crippen LogP) is 2.10. The Hall–Kier alpha value is -0.530. The summed E-state index contributed by atoms with van der Waals surface area (Å²) in [6, 6.07) is -0.567. The average Bonchev–Trinajstić information content (AvgIpc) is 2.66. The third-order valence-electron chi connectivity index (χ3n) is 2.58. The Labute approximate surface area is 126 Å². The number of aryl methyl sites for hydroxylation is 2. The molecule has 19 heavy (non-hydrogen) atoms. The van der Waals surface area contributed by atoms with Gasteiger partial charge >= 0.3 is 5.97 Å². The maximum absolute atomic E-state index is 11.4. The second-order valence-corrected chi connectivity index (χ2v) is 5.86. The van der Waals surface area contributed by atoms with Crippen LogP contribution in [0.25, 0.3) is 0 Å². The summed E-state index contributed by atoms with van der Waals surface area (Å²) in [5.74, 6) is 0.968. The Bertz CT molecular complexity index is 437. The number of carbonyl (C=O) groups is 1. The molecule has 2 N–H and O–H groups in total. The molecule has 7 heteroatoms. The van der Waals surface area contributed by atoms with E-state index in [2.05, 4.69) is 28.0 Å². The van der Waals surface area contributed by atoms with E-state index in [1.165, 1.54) is 0 Å². The summed E-state index contributed by atoms with van der Waals surface area (Å²) in [5.41, 5.74) is 7.86. The van der Waals surface area contributed by atoms with E-state index in [9.17, 15) is 4.79 Å². The van der Waals surface area contributed by atoms with Crippen molar-refractivity contribution < 1.29 is 9.53 Å². The highest BCUT2D eigenvalue weighted by Crippen LogP contribution is 2.25. The number of aromatic nitrogens is 2. The van der Waals surface area contributed by atoms with Gasteiger partial charge in [-0.3, -0.25) is 9.48 Å². The lowest BCUT2D eigenvalue weighted by molar-refractivity contribution is -0.144. The molecule has 1 rings (SSSR count). The van der Waals surface area contributed by atoms with Gasteiger partial charge in [-0.15, -0.1) is 0 Å². The van der Waals surface area contributed by atoms with Crippen molar-refractivity contribution in [2.24, 2.45) is 5.73 Å². The first-order valence-electron chi connectivity index (χ1n) is 6.22. The molecule has 0 aromatic carbocycles. The number of nitrogens with two attached hydrogens (primary N) is 1. The van der Waals surface area contributed by atoms with E-state index in [4.69, 9.17) is 10.5 Å². The van der Waals surface area contributed by atoms with Crippen molar-refractivity contribution in [2.75, 3.05) is 12.4 Å². The second-order valence-electron chi connectivity index (χ2n) is 4.04. The number of nitrogens with zero attached hydrogens (tertiary/aromatic N) is 2. The lowest BCUT2D eigenvalue weighted by Crippen LogP contribution is -2.34. The Balaban J connectivity index is 2.51. The lowest BCUT2D eigenvalue weighted by atomic mass is 10.4. The minimum atomic E-state index is -0.567. The first kappa shape index (κ1) is 16.5. The van der Waals surface area contributed by atoms with Crippen LogP contribution in [0.4, 0.5) is 0 Å². The Morgan fingerprint density at radius 1 is 1.58 bits per heavy atom. The Kier molecular flexibility index (Phi) is 6.88. The minimum absolute atomic E-state index is 0.339. The van der Waals surface area contributed by atoms with Crippen LogP contribution in [0.5, 0.6) is 0 Å². The summed E-state index contributed by atoms with van der Waals surface area (Å²) < 4.78 is 7.87. The van der Waals surface area contributed by atoms with Gasteiger partial charge in [0.1, 0.15) is 6.04 Å². The van der Waals surface area contributed by atoms with E-state index < -0.39 is 6.04 Å². The summed E-state index contributed by atoms with van der Waals surface area (Å²) in [7, 11) is 0. The molecule has 5 nitrogen and oxygen atoms in total. The average molecular weight is 350 g/mol. The molecule has 108 valence electrons. The first-order valence-corrected chi connectivity index (χ1v) is 8.17. The van der Waals surface area contributed by atoms with Crippen molar-refractivity contribution >= 4 is 33.7 Å². The van der Waals surface area contributed by atoms with Gasteiger partial charge in [-0.2, -0.15) is 16.9 Å². The molecule has 1 atom stereocenters. The molecular weight excluding hydrogens is 330 g/mol. The van der Waals surface area contributed by atoms with E-state index in [1.54, 1.807) is 18.7 Å². The van der Waals surface area contributed by atoms with Crippen LogP contribution in [0.1, 0.15) is 25.2 Å². The van der Waals surface area contributed by atoms with Crippen molar-refractivity contribution in [1.29, 1.82) is 0 Å². The van der Waals surface area contributed by atoms with Gasteiger partial charge in [0.15, 0.2) is 0 Å². The van der Waals surface area contributed by atoms with Gasteiger partial charge in [0.05, 0.1) is 22.5 Å². The van der Waals surface area contributed by atoms with Gasteiger partial charge in [0.25, 0.3) is 0 Å². The maximum atomic E-state index is 11.4. The summed E-state index contributed by atoms with van der Waals surface area (Å²) in [6.07, 6.45) is 0. The first-order chi connectivity index (χ1) is 9.01. The number of halogens is 1. The second kappa shape index (κ2) is 7.91. The number of esters is 1. The van der Waals surface area contributed by atoms with Gasteiger partial charge in [0.2, 0.25) is 0 Å². The van der Waals surface area contributed by atoms with Gasteiger partial charge in [0, 0.05) is 18.1 Å². The lowest BCUT2D eigenvalue weighted by Gasteiger charge is -2.10. The molecule has 0 spiro atoms. The smallest absolute Gasteiger partial charge is 0.323 e. The zero-order valence-corrected chi connectivity index (χ0v) is 13.9. The maximum Gasteiger partial charge on any atom is 0.323 e. The highest BCUT2D eigenvalue weighted by atomic mass is 79.9. The van der Waals surface area contributed by atoms with E-state index >= 15 is 0 Å².